The van der Waals surface area contributed by atoms with Crippen LogP contribution in [0.1, 0.15) is 65.2 Å². The molecule has 1 atom stereocenters. The lowest BCUT2D eigenvalue weighted by atomic mass is 10.2. The molecular weight excluding hydrogens is 190 g/mol. The predicted molar refractivity (Wildman–Crippen MR) is 63.4 cm³/mol. The number of rotatable bonds is 11. The normalized spacial score (nSPS) is 13.0. The van der Waals surface area contributed by atoms with Crippen LogP contribution >= 0.6 is 0 Å². The molecule has 0 aromatic carbocycles. The molecule has 0 bridgehead atoms. The zero-order chi connectivity index (χ0) is 11.4. The Morgan fingerprint density at radius 3 is 2.13 bits per heavy atom. The fourth-order valence-corrected chi connectivity index (χ4v) is 1.48. The Morgan fingerprint density at radius 2 is 1.47 bits per heavy atom. The molecule has 0 aromatic rings. The lowest BCUT2D eigenvalue weighted by Gasteiger charge is -2.19. The van der Waals surface area contributed by atoms with Crippen LogP contribution in [0.3, 0.4) is 0 Å². The van der Waals surface area contributed by atoms with E-state index < -0.39 is 0 Å². The topological polar surface area (TPSA) is 36.7 Å². The van der Waals surface area contributed by atoms with Crippen LogP contribution in [-0.2, 0) is 4.84 Å². The molecule has 0 rings (SSSR count). The first kappa shape index (κ1) is 14.9. The van der Waals surface area contributed by atoms with Crippen molar-refractivity contribution in [1.82, 2.24) is 0 Å². The van der Waals surface area contributed by atoms with Crippen molar-refractivity contribution in [2.24, 2.45) is 0 Å². The Kier molecular flexibility index (Phi) is 11.9. The van der Waals surface area contributed by atoms with E-state index in [0.717, 1.165) is 25.7 Å². The van der Waals surface area contributed by atoms with Crippen LogP contribution in [0.2, 0.25) is 0 Å². The molecule has 3 nitrogen and oxygen atoms in total. The van der Waals surface area contributed by atoms with Crippen LogP contribution in [0, 0.1) is 5.21 Å². The standard InChI is InChI=1S/C12H27NO2/c1-3-5-7-8-10-12-15-13(14)11-9-6-4-2/h13H,3-12H2,1-2H3. The van der Waals surface area contributed by atoms with Gasteiger partial charge in [0.1, 0.15) is 13.2 Å². The molecule has 15 heavy (non-hydrogen) atoms. The SMILES string of the molecule is CCCCCCCO[NH+]([O-])CCCCC. The maximum Gasteiger partial charge on any atom is 0.107 e. The van der Waals surface area contributed by atoms with Gasteiger partial charge in [-0.25, -0.2) is 10.1 Å². The number of hydroxylamine groups is 2. The fraction of sp³-hybridized carbons (Fsp3) is 1.00. The summed E-state index contributed by atoms with van der Waals surface area (Å²) in [5, 5.41) is 11.2. The molecule has 0 aliphatic heterocycles. The quantitative estimate of drug-likeness (QED) is 0.426. The van der Waals surface area contributed by atoms with Gasteiger partial charge in [-0.1, -0.05) is 46.0 Å². The molecule has 92 valence electrons. The summed E-state index contributed by atoms with van der Waals surface area (Å²) in [4.78, 5) is 5.13. The van der Waals surface area contributed by atoms with Crippen LogP contribution in [-0.4, -0.2) is 13.2 Å². The van der Waals surface area contributed by atoms with Gasteiger partial charge in [-0.2, -0.15) is 0 Å². The Bertz CT molecular complexity index is 120. The maximum absolute atomic E-state index is 11.2. The zero-order valence-corrected chi connectivity index (χ0v) is 10.4. The van der Waals surface area contributed by atoms with E-state index in [2.05, 4.69) is 13.8 Å². The van der Waals surface area contributed by atoms with Crippen LogP contribution in [0.25, 0.3) is 0 Å². The molecule has 1 unspecified atom stereocenters. The van der Waals surface area contributed by atoms with E-state index in [0.29, 0.717) is 13.2 Å². The average Bonchev–Trinajstić information content (AvgIpc) is 2.23. The van der Waals surface area contributed by atoms with Crippen molar-refractivity contribution in [1.29, 1.82) is 0 Å². The van der Waals surface area contributed by atoms with Gasteiger partial charge in [0, 0.05) is 0 Å². The minimum atomic E-state index is -0.0149. The minimum Gasteiger partial charge on any atom is -0.600 e. The van der Waals surface area contributed by atoms with Crippen molar-refractivity contribution in [3.05, 3.63) is 5.21 Å². The maximum atomic E-state index is 11.2. The molecule has 0 saturated carbocycles. The average molecular weight is 217 g/mol. The Balaban J connectivity index is 3.06. The molecule has 0 heterocycles. The highest BCUT2D eigenvalue weighted by atomic mass is 16.9. The Morgan fingerprint density at radius 1 is 0.867 bits per heavy atom. The highest BCUT2D eigenvalue weighted by molar-refractivity contribution is 4.40. The summed E-state index contributed by atoms with van der Waals surface area (Å²) >= 11 is 0. The molecule has 1 N–H and O–H groups in total. The monoisotopic (exact) mass is 217 g/mol. The van der Waals surface area contributed by atoms with E-state index in [4.69, 9.17) is 4.84 Å². The third-order valence-electron chi connectivity index (χ3n) is 2.50. The van der Waals surface area contributed by atoms with E-state index in [1.54, 1.807) is 0 Å². The molecule has 0 aliphatic carbocycles. The largest absolute Gasteiger partial charge is 0.600 e. The van der Waals surface area contributed by atoms with Gasteiger partial charge in [-0.15, -0.1) is 0 Å². The molecule has 0 amide bonds. The van der Waals surface area contributed by atoms with Crippen molar-refractivity contribution in [2.75, 3.05) is 13.2 Å². The van der Waals surface area contributed by atoms with Crippen molar-refractivity contribution >= 4 is 0 Å². The fourth-order valence-electron chi connectivity index (χ4n) is 1.48. The van der Waals surface area contributed by atoms with E-state index >= 15 is 0 Å². The van der Waals surface area contributed by atoms with Crippen LogP contribution < -0.4 is 5.23 Å². The van der Waals surface area contributed by atoms with Gasteiger partial charge in [0.2, 0.25) is 0 Å². The molecule has 0 aliphatic rings. The summed E-state index contributed by atoms with van der Waals surface area (Å²) in [6.07, 6.45) is 9.31. The Labute approximate surface area is 94.3 Å². The summed E-state index contributed by atoms with van der Waals surface area (Å²) in [5.74, 6) is 0. The second-order valence-electron chi connectivity index (χ2n) is 4.09. The van der Waals surface area contributed by atoms with Gasteiger partial charge in [0.15, 0.2) is 0 Å². The summed E-state index contributed by atoms with van der Waals surface area (Å²) < 4.78 is 0. The molecule has 0 saturated heterocycles. The van der Waals surface area contributed by atoms with Crippen molar-refractivity contribution < 1.29 is 10.1 Å². The number of unbranched alkanes of at least 4 members (excludes halogenated alkanes) is 6. The number of nitrogens with one attached hydrogen (secondary N) is 1. The molecule has 0 radical (unpaired) electrons. The molecule has 0 aromatic heterocycles. The van der Waals surface area contributed by atoms with Crippen LogP contribution in [0.15, 0.2) is 0 Å². The van der Waals surface area contributed by atoms with Crippen LogP contribution in [0.4, 0.5) is 0 Å². The second kappa shape index (κ2) is 12.0. The van der Waals surface area contributed by atoms with E-state index in [9.17, 15) is 5.21 Å². The molecule has 0 spiro atoms. The number of hydrogen-bond acceptors (Lipinski definition) is 2. The highest BCUT2D eigenvalue weighted by Crippen LogP contribution is 2.01. The second-order valence-corrected chi connectivity index (χ2v) is 4.09. The third-order valence-corrected chi connectivity index (χ3v) is 2.50. The lowest BCUT2D eigenvalue weighted by molar-refractivity contribution is -1.05. The minimum absolute atomic E-state index is 0.0149. The number of hydrogen-bond donors (Lipinski definition) is 1. The zero-order valence-electron chi connectivity index (χ0n) is 10.4. The van der Waals surface area contributed by atoms with Gasteiger partial charge >= 0.3 is 0 Å². The van der Waals surface area contributed by atoms with Crippen LogP contribution in [0.5, 0.6) is 0 Å². The van der Waals surface area contributed by atoms with Gasteiger partial charge in [-0.3, -0.25) is 0 Å². The van der Waals surface area contributed by atoms with E-state index in [1.165, 1.54) is 25.7 Å². The molecule has 3 heteroatoms. The van der Waals surface area contributed by atoms with Gasteiger partial charge < -0.3 is 5.21 Å². The predicted octanol–water partition coefficient (Wildman–Crippen LogP) is 2.46. The number of quaternary nitrogens is 1. The van der Waals surface area contributed by atoms with Crippen molar-refractivity contribution in [3.8, 4) is 0 Å². The summed E-state index contributed by atoms with van der Waals surface area (Å²) in [5.41, 5.74) is 0. The lowest BCUT2D eigenvalue weighted by Crippen LogP contribution is -3.06. The first-order valence-electron chi connectivity index (χ1n) is 6.46. The summed E-state index contributed by atoms with van der Waals surface area (Å²) in [6.45, 7) is 5.56. The molecule has 0 fully saturated rings. The Hall–Kier alpha value is -0.120. The van der Waals surface area contributed by atoms with Crippen molar-refractivity contribution in [3.63, 3.8) is 0 Å². The van der Waals surface area contributed by atoms with E-state index in [1.807, 2.05) is 0 Å². The third kappa shape index (κ3) is 11.8. The highest BCUT2D eigenvalue weighted by Gasteiger charge is 1.97. The van der Waals surface area contributed by atoms with E-state index in [-0.39, 0.29) is 5.23 Å². The smallest absolute Gasteiger partial charge is 0.107 e. The van der Waals surface area contributed by atoms with Gasteiger partial charge in [0.25, 0.3) is 0 Å². The van der Waals surface area contributed by atoms with Crippen molar-refractivity contribution in [2.45, 2.75) is 65.2 Å². The van der Waals surface area contributed by atoms with Gasteiger partial charge in [-0.05, 0) is 19.3 Å². The van der Waals surface area contributed by atoms with Gasteiger partial charge in [0.05, 0.1) is 0 Å². The first-order chi connectivity index (χ1) is 7.31. The first-order valence-corrected chi connectivity index (χ1v) is 6.46. The summed E-state index contributed by atoms with van der Waals surface area (Å²) in [7, 11) is 0. The summed E-state index contributed by atoms with van der Waals surface area (Å²) in [6, 6.07) is 0. The molecular formula is C12H27NO2.